The van der Waals surface area contributed by atoms with Crippen LogP contribution < -0.4 is 5.73 Å². The number of fused-ring (bicyclic) bond motifs is 1. The normalized spacial score (nSPS) is 10.5. The first-order valence-corrected chi connectivity index (χ1v) is 5.70. The Labute approximate surface area is 109 Å². The molecule has 0 atom stereocenters. The lowest BCUT2D eigenvalue weighted by Gasteiger charge is -2.01. The van der Waals surface area contributed by atoms with E-state index >= 15 is 0 Å². The number of nitriles is 1. The summed E-state index contributed by atoms with van der Waals surface area (Å²) in [5, 5.41) is 9.89. The summed E-state index contributed by atoms with van der Waals surface area (Å²) in [6.07, 6.45) is 3.19. The van der Waals surface area contributed by atoms with Crippen LogP contribution in [0.25, 0.3) is 22.2 Å². The van der Waals surface area contributed by atoms with Gasteiger partial charge in [-0.15, -0.1) is 0 Å². The van der Waals surface area contributed by atoms with E-state index in [4.69, 9.17) is 15.4 Å². The summed E-state index contributed by atoms with van der Waals surface area (Å²) in [6, 6.07) is 7.53. The minimum atomic E-state index is 0.411. The predicted molar refractivity (Wildman–Crippen MR) is 71.1 cm³/mol. The topological polar surface area (TPSA) is 88.7 Å². The highest BCUT2D eigenvalue weighted by atomic mass is 16.3. The molecule has 0 saturated carbocycles. The van der Waals surface area contributed by atoms with Crippen LogP contribution in [0.15, 0.2) is 35.1 Å². The average Bonchev–Trinajstić information content (AvgIpc) is 2.85. The van der Waals surface area contributed by atoms with Gasteiger partial charge in [0, 0.05) is 10.9 Å². The predicted octanol–water partition coefficient (Wildman–Crippen LogP) is 2.65. The fourth-order valence-corrected chi connectivity index (χ4v) is 1.96. The molecule has 2 N–H and O–H groups in total. The number of para-hydroxylation sites is 1. The molecule has 5 heteroatoms. The van der Waals surface area contributed by atoms with Crippen LogP contribution in [0.1, 0.15) is 11.3 Å². The Hall–Kier alpha value is -2.87. The molecule has 92 valence electrons. The molecule has 0 aliphatic rings. The van der Waals surface area contributed by atoms with E-state index in [0.29, 0.717) is 28.4 Å². The fourth-order valence-electron chi connectivity index (χ4n) is 1.96. The van der Waals surface area contributed by atoms with Gasteiger partial charge in [0.05, 0.1) is 23.1 Å². The standard InChI is InChI=1S/C14H10N4O/c1-8-14(16)17-6-12(18-8)11-7-19-13-9(5-15)3-2-4-10(11)13/h2-4,6-7H,1H3,(H2,16,17). The summed E-state index contributed by atoms with van der Waals surface area (Å²) >= 11 is 0. The number of aromatic nitrogens is 2. The van der Waals surface area contributed by atoms with Gasteiger partial charge in [-0.2, -0.15) is 5.26 Å². The Kier molecular flexibility index (Phi) is 2.43. The molecule has 2 aromatic heterocycles. The molecule has 0 unspecified atom stereocenters. The van der Waals surface area contributed by atoms with Crippen LogP contribution in [0, 0.1) is 18.3 Å². The number of anilines is 1. The molecular weight excluding hydrogens is 240 g/mol. The Morgan fingerprint density at radius 2 is 2.21 bits per heavy atom. The molecule has 0 saturated heterocycles. The molecule has 3 aromatic rings. The van der Waals surface area contributed by atoms with Crippen LogP contribution in [-0.2, 0) is 0 Å². The molecule has 0 radical (unpaired) electrons. The van der Waals surface area contributed by atoms with Gasteiger partial charge in [-0.25, -0.2) is 9.97 Å². The zero-order valence-corrected chi connectivity index (χ0v) is 10.2. The summed E-state index contributed by atoms with van der Waals surface area (Å²) in [4.78, 5) is 8.48. The van der Waals surface area contributed by atoms with Crippen molar-refractivity contribution in [1.82, 2.24) is 9.97 Å². The number of hydrogen-bond donors (Lipinski definition) is 1. The lowest BCUT2D eigenvalue weighted by molar-refractivity contribution is 0.615. The zero-order chi connectivity index (χ0) is 13.4. The van der Waals surface area contributed by atoms with Gasteiger partial charge in [0.25, 0.3) is 0 Å². The molecule has 0 bridgehead atoms. The first-order chi connectivity index (χ1) is 9.20. The number of furan rings is 1. The van der Waals surface area contributed by atoms with E-state index in [1.165, 1.54) is 0 Å². The van der Waals surface area contributed by atoms with Crippen LogP contribution in [0.5, 0.6) is 0 Å². The highest BCUT2D eigenvalue weighted by Gasteiger charge is 2.13. The van der Waals surface area contributed by atoms with Crippen LogP contribution in [0.3, 0.4) is 0 Å². The van der Waals surface area contributed by atoms with Crippen LogP contribution in [-0.4, -0.2) is 9.97 Å². The first kappa shape index (κ1) is 11.2. The highest BCUT2D eigenvalue weighted by molar-refractivity contribution is 5.95. The van der Waals surface area contributed by atoms with Crippen LogP contribution in [0.4, 0.5) is 5.82 Å². The third-order valence-electron chi connectivity index (χ3n) is 2.98. The van der Waals surface area contributed by atoms with Gasteiger partial charge < -0.3 is 10.2 Å². The summed E-state index contributed by atoms with van der Waals surface area (Å²) in [7, 11) is 0. The zero-order valence-electron chi connectivity index (χ0n) is 10.2. The third-order valence-corrected chi connectivity index (χ3v) is 2.98. The molecule has 5 nitrogen and oxygen atoms in total. The smallest absolute Gasteiger partial charge is 0.152 e. The summed E-state index contributed by atoms with van der Waals surface area (Å²) < 4.78 is 5.47. The molecule has 1 aromatic carbocycles. The highest BCUT2D eigenvalue weighted by Crippen LogP contribution is 2.31. The molecule has 2 heterocycles. The summed E-state index contributed by atoms with van der Waals surface area (Å²) in [5.74, 6) is 0.411. The largest absolute Gasteiger partial charge is 0.462 e. The van der Waals surface area contributed by atoms with Crippen molar-refractivity contribution in [3.63, 3.8) is 0 Å². The first-order valence-electron chi connectivity index (χ1n) is 5.70. The van der Waals surface area contributed by atoms with Gasteiger partial charge in [0.15, 0.2) is 5.58 Å². The maximum atomic E-state index is 9.04. The van der Waals surface area contributed by atoms with Gasteiger partial charge in [-0.1, -0.05) is 12.1 Å². The van der Waals surface area contributed by atoms with E-state index in [0.717, 1.165) is 10.9 Å². The average molecular weight is 250 g/mol. The third kappa shape index (κ3) is 1.70. The maximum absolute atomic E-state index is 9.04. The minimum absolute atomic E-state index is 0.411. The number of hydrogen-bond acceptors (Lipinski definition) is 5. The van der Waals surface area contributed by atoms with E-state index in [1.54, 1.807) is 25.5 Å². The Morgan fingerprint density at radius 3 is 2.95 bits per heavy atom. The lowest BCUT2D eigenvalue weighted by Crippen LogP contribution is -1.97. The monoisotopic (exact) mass is 250 g/mol. The Balaban J connectivity index is 2.26. The van der Waals surface area contributed by atoms with Crippen LogP contribution >= 0.6 is 0 Å². The molecule has 0 aliphatic heterocycles. The number of nitrogens with two attached hydrogens (primary N) is 1. The molecular formula is C14H10N4O. The summed E-state index contributed by atoms with van der Waals surface area (Å²) in [6.45, 7) is 1.80. The van der Waals surface area contributed by atoms with Crippen molar-refractivity contribution in [2.24, 2.45) is 0 Å². The van der Waals surface area contributed by atoms with Crippen molar-refractivity contribution in [2.75, 3.05) is 5.73 Å². The Morgan fingerprint density at radius 1 is 1.37 bits per heavy atom. The second-order valence-electron chi connectivity index (χ2n) is 4.17. The quantitative estimate of drug-likeness (QED) is 0.717. The lowest BCUT2D eigenvalue weighted by atomic mass is 10.1. The SMILES string of the molecule is Cc1nc(-c2coc3c(C#N)cccc23)cnc1N. The minimum Gasteiger partial charge on any atom is -0.462 e. The van der Waals surface area contributed by atoms with E-state index in [9.17, 15) is 0 Å². The fraction of sp³-hybridized carbons (Fsp3) is 0.0714. The molecule has 0 amide bonds. The molecule has 19 heavy (non-hydrogen) atoms. The van der Waals surface area contributed by atoms with E-state index in [1.807, 2.05) is 12.1 Å². The molecule has 0 aliphatic carbocycles. The Bertz CT molecular complexity index is 814. The second-order valence-corrected chi connectivity index (χ2v) is 4.17. The number of aryl methyl sites for hydroxylation is 1. The van der Waals surface area contributed by atoms with E-state index in [-0.39, 0.29) is 0 Å². The van der Waals surface area contributed by atoms with Crippen molar-refractivity contribution in [1.29, 1.82) is 5.26 Å². The number of rotatable bonds is 1. The number of nitrogens with zero attached hydrogens (tertiary/aromatic N) is 3. The second kappa shape index (κ2) is 4.10. The van der Waals surface area contributed by atoms with Gasteiger partial charge in [0.2, 0.25) is 0 Å². The van der Waals surface area contributed by atoms with Gasteiger partial charge in [-0.05, 0) is 13.0 Å². The van der Waals surface area contributed by atoms with Crippen molar-refractivity contribution in [3.8, 4) is 17.3 Å². The maximum Gasteiger partial charge on any atom is 0.152 e. The summed E-state index contributed by atoms with van der Waals surface area (Å²) in [5.41, 5.74) is 8.89. The van der Waals surface area contributed by atoms with Gasteiger partial charge in [0.1, 0.15) is 18.2 Å². The van der Waals surface area contributed by atoms with Crippen LogP contribution in [0.2, 0.25) is 0 Å². The van der Waals surface area contributed by atoms with E-state index in [2.05, 4.69) is 16.0 Å². The van der Waals surface area contributed by atoms with Crippen molar-refractivity contribution in [3.05, 3.63) is 41.9 Å². The number of nitrogen functional groups attached to an aromatic ring is 1. The van der Waals surface area contributed by atoms with Crippen molar-refractivity contribution in [2.45, 2.75) is 6.92 Å². The number of benzene rings is 1. The molecule has 3 rings (SSSR count). The van der Waals surface area contributed by atoms with Crippen molar-refractivity contribution < 1.29 is 4.42 Å². The van der Waals surface area contributed by atoms with E-state index < -0.39 is 0 Å². The van der Waals surface area contributed by atoms with Gasteiger partial charge in [-0.3, -0.25) is 0 Å². The molecule has 0 fully saturated rings. The molecule has 0 spiro atoms. The van der Waals surface area contributed by atoms with Gasteiger partial charge >= 0.3 is 0 Å². The van der Waals surface area contributed by atoms with Crippen molar-refractivity contribution >= 4 is 16.8 Å².